The zero-order valence-electron chi connectivity index (χ0n) is 16.5. The quantitative estimate of drug-likeness (QED) is 0.646. The van der Waals surface area contributed by atoms with Gasteiger partial charge in [-0.1, -0.05) is 36.4 Å². The molecule has 2 aromatic heterocycles. The number of thiazole rings is 1. The molecule has 1 aliphatic rings. The zero-order valence-corrected chi connectivity index (χ0v) is 17.3. The summed E-state index contributed by atoms with van der Waals surface area (Å²) in [7, 11) is 0. The molecule has 1 N–H and O–H groups in total. The van der Waals surface area contributed by atoms with Gasteiger partial charge in [-0.15, -0.1) is 11.3 Å². The fourth-order valence-corrected chi connectivity index (χ4v) is 4.55. The van der Waals surface area contributed by atoms with Crippen LogP contribution in [0.3, 0.4) is 0 Å². The number of piperidine rings is 1. The lowest BCUT2D eigenvalue weighted by atomic mass is 9.90. The van der Waals surface area contributed by atoms with E-state index in [1.54, 1.807) is 17.5 Å². The first-order chi connectivity index (χ1) is 14.3. The Morgan fingerprint density at radius 3 is 2.66 bits per heavy atom. The van der Waals surface area contributed by atoms with Crippen molar-refractivity contribution >= 4 is 17.2 Å². The van der Waals surface area contributed by atoms with Gasteiger partial charge in [0.05, 0.1) is 18.8 Å². The summed E-state index contributed by atoms with van der Waals surface area (Å²) in [6, 6.07) is 16.4. The van der Waals surface area contributed by atoms with Crippen LogP contribution in [0.5, 0.6) is 0 Å². The SMILES string of the molecule is O=C(NCc1ccccn1)c1csc(CN2CCC(Cc3ccccc3)CC2)n1. The van der Waals surface area contributed by atoms with E-state index in [0.717, 1.165) is 36.3 Å². The van der Waals surface area contributed by atoms with Gasteiger partial charge in [0.15, 0.2) is 0 Å². The molecule has 6 heteroatoms. The minimum atomic E-state index is -0.139. The maximum atomic E-state index is 12.3. The van der Waals surface area contributed by atoms with E-state index >= 15 is 0 Å². The third-order valence-corrected chi connectivity index (χ3v) is 6.21. The van der Waals surface area contributed by atoms with Gasteiger partial charge in [0, 0.05) is 11.6 Å². The van der Waals surface area contributed by atoms with Crippen LogP contribution in [0.2, 0.25) is 0 Å². The lowest BCUT2D eigenvalue weighted by molar-refractivity contribution is 0.0945. The van der Waals surface area contributed by atoms with Crippen LogP contribution in [-0.4, -0.2) is 33.9 Å². The number of nitrogens with zero attached hydrogens (tertiary/aromatic N) is 3. The number of carbonyl (C=O) groups excluding carboxylic acids is 1. The molecule has 0 radical (unpaired) electrons. The molecule has 150 valence electrons. The van der Waals surface area contributed by atoms with Crippen molar-refractivity contribution in [2.45, 2.75) is 32.4 Å². The van der Waals surface area contributed by atoms with Gasteiger partial charge in [0.1, 0.15) is 10.7 Å². The van der Waals surface area contributed by atoms with Crippen LogP contribution in [0, 0.1) is 5.92 Å². The number of carbonyl (C=O) groups is 1. The molecular formula is C23H26N4OS. The van der Waals surface area contributed by atoms with Gasteiger partial charge in [0.25, 0.3) is 5.91 Å². The summed E-state index contributed by atoms with van der Waals surface area (Å²) < 4.78 is 0. The Morgan fingerprint density at radius 1 is 1.10 bits per heavy atom. The minimum Gasteiger partial charge on any atom is -0.345 e. The third kappa shape index (κ3) is 5.71. The van der Waals surface area contributed by atoms with Gasteiger partial charge in [0.2, 0.25) is 0 Å². The normalized spacial score (nSPS) is 15.3. The maximum Gasteiger partial charge on any atom is 0.271 e. The summed E-state index contributed by atoms with van der Waals surface area (Å²) in [4.78, 5) is 23.6. The van der Waals surface area contributed by atoms with Gasteiger partial charge < -0.3 is 5.32 Å². The summed E-state index contributed by atoms with van der Waals surface area (Å²) >= 11 is 1.57. The molecule has 1 fully saturated rings. The Hall–Kier alpha value is -2.57. The highest BCUT2D eigenvalue weighted by atomic mass is 32.1. The van der Waals surface area contributed by atoms with E-state index in [-0.39, 0.29) is 5.91 Å². The van der Waals surface area contributed by atoms with Gasteiger partial charge in [-0.25, -0.2) is 4.98 Å². The summed E-state index contributed by atoms with van der Waals surface area (Å²) in [6.45, 7) is 3.44. The number of benzene rings is 1. The van der Waals surface area contributed by atoms with Gasteiger partial charge in [-0.2, -0.15) is 0 Å². The van der Waals surface area contributed by atoms with Crippen molar-refractivity contribution < 1.29 is 4.79 Å². The highest BCUT2D eigenvalue weighted by Crippen LogP contribution is 2.23. The van der Waals surface area contributed by atoms with Crippen molar-refractivity contribution in [3.63, 3.8) is 0 Å². The average molecular weight is 407 g/mol. The molecule has 1 amide bonds. The molecule has 3 heterocycles. The molecular weight excluding hydrogens is 380 g/mol. The number of pyridine rings is 1. The monoisotopic (exact) mass is 406 g/mol. The summed E-state index contributed by atoms with van der Waals surface area (Å²) in [5, 5.41) is 5.75. The molecule has 3 aromatic rings. The highest BCUT2D eigenvalue weighted by Gasteiger charge is 2.21. The fourth-order valence-electron chi connectivity index (χ4n) is 3.74. The number of hydrogen-bond acceptors (Lipinski definition) is 5. The molecule has 1 aliphatic heterocycles. The van der Waals surface area contributed by atoms with Gasteiger partial charge in [-0.05, 0) is 56.0 Å². The zero-order chi connectivity index (χ0) is 19.9. The standard InChI is InChI=1S/C23H26N4OS/c28-23(25-15-20-8-4-5-11-24-20)21-17-29-22(26-21)16-27-12-9-19(10-13-27)14-18-6-2-1-3-7-18/h1-8,11,17,19H,9-10,12-16H2,(H,25,28). The van der Waals surface area contributed by atoms with E-state index in [2.05, 4.69) is 50.5 Å². The maximum absolute atomic E-state index is 12.3. The van der Waals surface area contributed by atoms with Crippen LogP contribution in [0.1, 0.15) is 39.6 Å². The van der Waals surface area contributed by atoms with Crippen LogP contribution in [0.25, 0.3) is 0 Å². The first-order valence-electron chi connectivity index (χ1n) is 10.1. The summed E-state index contributed by atoms with van der Waals surface area (Å²) in [5.74, 6) is 0.623. The van der Waals surface area contributed by atoms with Crippen LogP contribution in [-0.2, 0) is 19.5 Å². The van der Waals surface area contributed by atoms with Gasteiger partial charge in [-0.3, -0.25) is 14.7 Å². The molecule has 0 saturated carbocycles. The van der Waals surface area contributed by atoms with E-state index in [1.165, 1.54) is 24.8 Å². The molecule has 29 heavy (non-hydrogen) atoms. The number of hydrogen-bond donors (Lipinski definition) is 1. The summed E-state index contributed by atoms with van der Waals surface area (Å²) in [5.41, 5.74) is 2.78. The second-order valence-electron chi connectivity index (χ2n) is 7.54. The fraction of sp³-hybridized carbons (Fsp3) is 0.348. The van der Waals surface area contributed by atoms with Crippen LogP contribution < -0.4 is 5.32 Å². The van der Waals surface area contributed by atoms with Crippen molar-refractivity contribution in [2.75, 3.05) is 13.1 Å². The van der Waals surface area contributed by atoms with Crippen molar-refractivity contribution in [1.82, 2.24) is 20.2 Å². The predicted octanol–water partition coefficient (Wildman–Crippen LogP) is 3.92. The number of nitrogens with one attached hydrogen (secondary N) is 1. The number of rotatable bonds is 7. The second kappa shape index (κ2) is 9.76. The molecule has 1 saturated heterocycles. The lowest BCUT2D eigenvalue weighted by Crippen LogP contribution is -2.33. The number of aromatic nitrogens is 2. The summed E-state index contributed by atoms with van der Waals surface area (Å²) in [6.07, 6.45) is 5.34. The molecule has 5 nitrogen and oxygen atoms in total. The molecule has 0 atom stereocenters. The Morgan fingerprint density at radius 2 is 1.90 bits per heavy atom. The van der Waals surface area contributed by atoms with E-state index < -0.39 is 0 Å². The first kappa shape index (κ1) is 19.7. The Bertz CT molecular complexity index is 905. The predicted molar refractivity (Wildman–Crippen MR) is 116 cm³/mol. The van der Waals surface area contributed by atoms with Crippen LogP contribution in [0.15, 0.2) is 60.1 Å². The highest BCUT2D eigenvalue weighted by molar-refractivity contribution is 7.09. The lowest BCUT2D eigenvalue weighted by Gasteiger charge is -2.31. The molecule has 0 aliphatic carbocycles. The van der Waals surface area contributed by atoms with E-state index in [9.17, 15) is 4.79 Å². The number of amides is 1. The Kier molecular flexibility index (Phi) is 6.64. The molecule has 4 rings (SSSR count). The average Bonchev–Trinajstić information content (AvgIpc) is 3.23. The number of likely N-dealkylation sites (tertiary alicyclic amines) is 1. The van der Waals surface area contributed by atoms with E-state index in [0.29, 0.717) is 12.2 Å². The largest absolute Gasteiger partial charge is 0.345 e. The Balaban J connectivity index is 1.23. The Labute approximate surface area is 175 Å². The minimum absolute atomic E-state index is 0.139. The van der Waals surface area contributed by atoms with Crippen LogP contribution in [0.4, 0.5) is 0 Å². The molecule has 1 aromatic carbocycles. The molecule has 0 unspecified atom stereocenters. The van der Waals surface area contributed by atoms with Crippen LogP contribution >= 0.6 is 11.3 Å². The van der Waals surface area contributed by atoms with E-state index in [4.69, 9.17) is 0 Å². The topological polar surface area (TPSA) is 58.1 Å². The smallest absolute Gasteiger partial charge is 0.271 e. The third-order valence-electron chi connectivity index (χ3n) is 5.37. The molecule has 0 spiro atoms. The van der Waals surface area contributed by atoms with Crippen molar-refractivity contribution in [2.24, 2.45) is 5.92 Å². The second-order valence-corrected chi connectivity index (χ2v) is 8.48. The van der Waals surface area contributed by atoms with E-state index in [1.807, 2.05) is 23.6 Å². The first-order valence-corrected chi connectivity index (χ1v) is 11.0. The van der Waals surface area contributed by atoms with Crippen molar-refractivity contribution in [3.05, 3.63) is 82.1 Å². The van der Waals surface area contributed by atoms with Crippen molar-refractivity contribution in [1.29, 1.82) is 0 Å². The van der Waals surface area contributed by atoms with Crippen molar-refractivity contribution in [3.8, 4) is 0 Å². The molecule has 0 bridgehead atoms. The van der Waals surface area contributed by atoms with Gasteiger partial charge >= 0.3 is 0 Å².